The van der Waals surface area contributed by atoms with Crippen LogP contribution in [0.15, 0.2) is 78.2 Å². The molecule has 0 aliphatic carbocycles. The second kappa shape index (κ2) is 8.00. The van der Waals surface area contributed by atoms with Gasteiger partial charge < -0.3 is 4.74 Å². The molecule has 2 amide bonds. The summed E-state index contributed by atoms with van der Waals surface area (Å²) in [5.74, 6) is -2.79. The number of ether oxygens (including phenoxy) is 1. The number of rotatable bonds is 5. The highest BCUT2D eigenvalue weighted by Gasteiger charge is 2.69. The number of esters is 1. The molecule has 2 aromatic carbocycles. The topological polar surface area (TPSA) is 75.7 Å². The molecule has 2 aliphatic heterocycles. The first kappa shape index (κ1) is 20.6. The zero-order chi connectivity index (χ0) is 22.3. The fourth-order valence-electron chi connectivity index (χ4n) is 5.07. The quantitative estimate of drug-likeness (QED) is 0.481. The van der Waals surface area contributed by atoms with Gasteiger partial charge in [-0.1, -0.05) is 54.6 Å². The van der Waals surface area contributed by atoms with Crippen molar-refractivity contribution in [2.45, 2.75) is 18.0 Å². The van der Waals surface area contributed by atoms with Crippen molar-refractivity contribution in [3.63, 3.8) is 0 Å². The van der Waals surface area contributed by atoms with E-state index in [4.69, 9.17) is 4.74 Å². The van der Waals surface area contributed by atoms with Crippen molar-refractivity contribution in [2.75, 3.05) is 12.0 Å². The first-order chi connectivity index (χ1) is 15.6. The molecule has 3 heterocycles. The van der Waals surface area contributed by atoms with Crippen molar-refractivity contribution >= 4 is 34.8 Å². The summed E-state index contributed by atoms with van der Waals surface area (Å²) in [6, 6.07) is 21.8. The van der Waals surface area contributed by atoms with E-state index in [-0.39, 0.29) is 18.2 Å². The fraction of sp³-hybridized carbons (Fsp3) is 0.240. The second-order valence-electron chi connectivity index (χ2n) is 8.11. The highest BCUT2D eigenvalue weighted by Crippen LogP contribution is 2.51. The number of thiophene rings is 1. The average Bonchev–Trinajstić information content (AvgIpc) is 3.52. The molecular formula is C25H22N2O4S. The predicted molar refractivity (Wildman–Crippen MR) is 121 cm³/mol. The van der Waals surface area contributed by atoms with Gasteiger partial charge in [0.15, 0.2) is 0 Å². The van der Waals surface area contributed by atoms with Gasteiger partial charge in [0.05, 0.1) is 30.7 Å². The zero-order valence-corrected chi connectivity index (χ0v) is 18.2. The van der Waals surface area contributed by atoms with Crippen molar-refractivity contribution in [2.24, 2.45) is 11.8 Å². The molecule has 3 aromatic rings. The maximum Gasteiger partial charge on any atom is 0.327 e. The molecule has 0 radical (unpaired) electrons. The van der Waals surface area contributed by atoms with Gasteiger partial charge in [0.25, 0.3) is 0 Å². The van der Waals surface area contributed by atoms with Crippen LogP contribution in [0.1, 0.15) is 16.5 Å². The first-order valence-electron chi connectivity index (χ1n) is 10.4. The van der Waals surface area contributed by atoms with Crippen LogP contribution in [-0.2, 0) is 25.5 Å². The van der Waals surface area contributed by atoms with Gasteiger partial charge in [-0.2, -0.15) is 0 Å². The van der Waals surface area contributed by atoms with Gasteiger partial charge in [-0.15, -0.1) is 11.3 Å². The van der Waals surface area contributed by atoms with Gasteiger partial charge in [-0.3, -0.25) is 19.7 Å². The van der Waals surface area contributed by atoms with Crippen molar-refractivity contribution in [3.05, 3.63) is 88.6 Å². The summed E-state index contributed by atoms with van der Waals surface area (Å²) < 4.78 is 5.23. The van der Waals surface area contributed by atoms with E-state index in [0.29, 0.717) is 5.69 Å². The number of methoxy groups -OCH3 is 1. The molecule has 2 fully saturated rings. The summed E-state index contributed by atoms with van der Waals surface area (Å²) >= 11 is 1.50. The number of imide groups is 1. The summed E-state index contributed by atoms with van der Waals surface area (Å²) in [6.45, 7) is 0. The number of anilines is 1. The molecular weight excluding hydrogens is 424 g/mol. The van der Waals surface area contributed by atoms with Gasteiger partial charge in [-0.05, 0) is 29.1 Å². The van der Waals surface area contributed by atoms with Gasteiger partial charge in [-0.25, -0.2) is 4.90 Å². The van der Waals surface area contributed by atoms with E-state index >= 15 is 0 Å². The molecule has 5 rings (SSSR count). The van der Waals surface area contributed by atoms with Gasteiger partial charge >= 0.3 is 5.97 Å². The van der Waals surface area contributed by atoms with Gasteiger partial charge in [0, 0.05) is 11.3 Å². The minimum absolute atomic E-state index is 0.241. The van der Waals surface area contributed by atoms with E-state index in [1.165, 1.54) is 23.3 Å². The van der Waals surface area contributed by atoms with E-state index in [2.05, 4.69) is 5.32 Å². The monoisotopic (exact) mass is 446 g/mol. The Morgan fingerprint density at radius 3 is 2.31 bits per heavy atom. The SMILES string of the molecule is COC(=O)C1(Cc2ccccc2)NC(c2cccs2)C2C(=O)N(c3ccccc3)C(=O)C21. The highest BCUT2D eigenvalue weighted by molar-refractivity contribution is 7.10. The van der Waals surface area contributed by atoms with E-state index < -0.39 is 29.4 Å². The molecule has 0 spiro atoms. The number of hydrogen-bond acceptors (Lipinski definition) is 6. The van der Waals surface area contributed by atoms with Gasteiger partial charge in [0.2, 0.25) is 11.8 Å². The van der Waals surface area contributed by atoms with Crippen LogP contribution >= 0.6 is 11.3 Å². The summed E-state index contributed by atoms with van der Waals surface area (Å²) in [4.78, 5) is 42.9. The Labute approximate surface area is 189 Å². The van der Waals surface area contributed by atoms with Crippen LogP contribution in [0.3, 0.4) is 0 Å². The molecule has 2 aliphatic rings. The Kier molecular flexibility index (Phi) is 5.15. The summed E-state index contributed by atoms with van der Waals surface area (Å²) in [5.41, 5.74) is 0.0424. The van der Waals surface area contributed by atoms with Crippen molar-refractivity contribution < 1.29 is 19.1 Å². The molecule has 0 saturated carbocycles. The molecule has 2 saturated heterocycles. The Bertz CT molecular complexity index is 1150. The number of benzene rings is 2. The maximum absolute atomic E-state index is 13.8. The average molecular weight is 447 g/mol. The Balaban J connectivity index is 1.66. The smallest absolute Gasteiger partial charge is 0.327 e. The number of carbonyl (C=O) groups is 3. The lowest BCUT2D eigenvalue weighted by atomic mass is 9.76. The van der Waals surface area contributed by atoms with Crippen LogP contribution in [-0.4, -0.2) is 30.4 Å². The number of hydrogen-bond donors (Lipinski definition) is 1. The lowest BCUT2D eigenvalue weighted by Crippen LogP contribution is -2.57. The number of fused-ring (bicyclic) bond motifs is 1. The number of nitrogens with zero attached hydrogens (tertiary/aromatic N) is 1. The highest BCUT2D eigenvalue weighted by atomic mass is 32.1. The third-order valence-corrected chi connectivity index (χ3v) is 7.35. The van der Waals surface area contributed by atoms with E-state index in [0.717, 1.165) is 10.4 Å². The van der Waals surface area contributed by atoms with E-state index in [1.807, 2.05) is 53.9 Å². The van der Waals surface area contributed by atoms with Crippen molar-refractivity contribution in [3.8, 4) is 0 Å². The standard InChI is InChI=1S/C25H22N2O4S/c1-31-24(30)25(15-16-9-4-2-5-10-16)20-19(21(26-25)18-13-8-14-32-18)22(28)27(23(20)29)17-11-6-3-7-12-17/h2-14,19-21,26H,15H2,1H3. The molecule has 162 valence electrons. The molecule has 1 N–H and O–H groups in total. The van der Waals surface area contributed by atoms with Gasteiger partial charge in [0.1, 0.15) is 5.54 Å². The Hall–Kier alpha value is -3.29. The molecule has 4 atom stereocenters. The fourth-order valence-corrected chi connectivity index (χ4v) is 5.89. The molecule has 0 bridgehead atoms. The minimum Gasteiger partial charge on any atom is -0.468 e. The number of nitrogens with one attached hydrogen (secondary N) is 1. The summed E-state index contributed by atoms with van der Waals surface area (Å²) in [5, 5.41) is 5.34. The minimum atomic E-state index is -1.36. The van der Waals surface area contributed by atoms with Crippen LogP contribution in [0.4, 0.5) is 5.69 Å². The lowest BCUT2D eigenvalue weighted by molar-refractivity contribution is -0.152. The normalized spacial score (nSPS) is 26.9. The predicted octanol–water partition coefficient (Wildman–Crippen LogP) is 3.35. The number of carbonyl (C=O) groups excluding carboxylic acids is 3. The maximum atomic E-state index is 13.8. The van der Waals surface area contributed by atoms with Crippen molar-refractivity contribution in [1.82, 2.24) is 5.32 Å². The third-order valence-electron chi connectivity index (χ3n) is 6.39. The zero-order valence-electron chi connectivity index (χ0n) is 17.4. The third kappa shape index (κ3) is 3.08. The van der Waals surface area contributed by atoms with Crippen LogP contribution in [0.2, 0.25) is 0 Å². The van der Waals surface area contributed by atoms with E-state index in [9.17, 15) is 14.4 Å². The largest absolute Gasteiger partial charge is 0.468 e. The molecule has 4 unspecified atom stereocenters. The lowest BCUT2D eigenvalue weighted by Gasteiger charge is -2.32. The second-order valence-corrected chi connectivity index (χ2v) is 9.09. The van der Waals surface area contributed by atoms with Crippen LogP contribution in [0.5, 0.6) is 0 Å². The number of amides is 2. The summed E-state index contributed by atoms with van der Waals surface area (Å²) in [6.07, 6.45) is 0.241. The van der Waals surface area contributed by atoms with E-state index in [1.54, 1.807) is 24.3 Å². The van der Waals surface area contributed by atoms with Crippen LogP contribution in [0.25, 0.3) is 0 Å². The summed E-state index contributed by atoms with van der Waals surface area (Å²) in [7, 11) is 1.32. The molecule has 6 nitrogen and oxygen atoms in total. The Morgan fingerprint density at radius 2 is 1.69 bits per heavy atom. The van der Waals surface area contributed by atoms with Crippen LogP contribution in [0, 0.1) is 11.8 Å². The van der Waals surface area contributed by atoms with Crippen LogP contribution < -0.4 is 10.2 Å². The molecule has 1 aromatic heterocycles. The molecule has 7 heteroatoms. The first-order valence-corrected chi connectivity index (χ1v) is 11.3. The number of para-hydroxylation sites is 1. The Morgan fingerprint density at radius 1 is 1.00 bits per heavy atom. The molecule has 32 heavy (non-hydrogen) atoms. The van der Waals surface area contributed by atoms with Crippen molar-refractivity contribution in [1.29, 1.82) is 0 Å².